The molecule has 0 saturated carbocycles. The van der Waals surface area contributed by atoms with Gasteiger partial charge in [0.25, 0.3) is 0 Å². The minimum absolute atomic E-state index is 0.354. The molecule has 0 N–H and O–H groups in total. The first-order chi connectivity index (χ1) is 4.84. The van der Waals surface area contributed by atoms with Crippen molar-refractivity contribution in [2.24, 2.45) is 5.92 Å². The molecule has 1 heterocycles. The van der Waals surface area contributed by atoms with Gasteiger partial charge in [-0.1, -0.05) is 0 Å². The van der Waals surface area contributed by atoms with Crippen molar-refractivity contribution in [1.82, 2.24) is 0 Å². The van der Waals surface area contributed by atoms with Crippen LogP contribution < -0.4 is 0 Å². The normalized spacial score (nSPS) is 26.8. The third-order valence-corrected chi connectivity index (χ3v) is 1.62. The Kier molecular flexibility index (Phi) is 2.42. The molecular formula is C7H10O3. The SMILES string of the molecule is O=CC1CCCCOC1=O. The van der Waals surface area contributed by atoms with E-state index in [1.807, 2.05) is 0 Å². The molecule has 0 bridgehead atoms. The molecule has 3 heteroatoms. The number of carbonyl (C=O) groups excluding carboxylic acids is 2. The zero-order valence-electron chi connectivity index (χ0n) is 5.71. The highest BCUT2D eigenvalue weighted by atomic mass is 16.5. The maximum atomic E-state index is 10.8. The summed E-state index contributed by atoms with van der Waals surface area (Å²) in [6.07, 6.45) is 3.13. The average molecular weight is 142 g/mol. The van der Waals surface area contributed by atoms with Gasteiger partial charge in [-0.2, -0.15) is 0 Å². The molecule has 1 saturated heterocycles. The van der Waals surface area contributed by atoms with E-state index in [2.05, 4.69) is 0 Å². The van der Waals surface area contributed by atoms with Gasteiger partial charge in [0.1, 0.15) is 12.2 Å². The van der Waals surface area contributed by atoms with Crippen molar-refractivity contribution in [2.75, 3.05) is 6.61 Å². The molecule has 1 aliphatic rings. The van der Waals surface area contributed by atoms with Crippen LogP contribution in [0.2, 0.25) is 0 Å². The molecule has 0 aromatic rings. The highest BCUT2D eigenvalue weighted by Crippen LogP contribution is 2.12. The lowest BCUT2D eigenvalue weighted by Crippen LogP contribution is -2.16. The molecule has 1 atom stereocenters. The Morgan fingerprint density at radius 1 is 1.50 bits per heavy atom. The number of hydrogen-bond acceptors (Lipinski definition) is 3. The Morgan fingerprint density at radius 3 is 3.00 bits per heavy atom. The number of esters is 1. The van der Waals surface area contributed by atoms with E-state index < -0.39 is 5.92 Å². The van der Waals surface area contributed by atoms with Crippen molar-refractivity contribution in [1.29, 1.82) is 0 Å². The first-order valence-electron chi connectivity index (χ1n) is 3.46. The lowest BCUT2D eigenvalue weighted by molar-refractivity contribution is -0.148. The molecule has 0 amide bonds. The molecule has 0 radical (unpaired) electrons. The average Bonchev–Trinajstić information content (AvgIpc) is 2.13. The monoisotopic (exact) mass is 142 g/mol. The van der Waals surface area contributed by atoms with Crippen molar-refractivity contribution >= 4 is 12.3 Å². The highest BCUT2D eigenvalue weighted by molar-refractivity contribution is 5.87. The van der Waals surface area contributed by atoms with Gasteiger partial charge < -0.3 is 9.53 Å². The first kappa shape index (κ1) is 7.25. The highest BCUT2D eigenvalue weighted by Gasteiger charge is 2.20. The second-order valence-corrected chi connectivity index (χ2v) is 2.41. The van der Waals surface area contributed by atoms with Gasteiger partial charge >= 0.3 is 5.97 Å². The molecule has 10 heavy (non-hydrogen) atoms. The van der Waals surface area contributed by atoms with Gasteiger partial charge in [0.05, 0.1) is 6.61 Å². The number of hydrogen-bond donors (Lipinski definition) is 0. The minimum atomic E-state index is -0.498. The van der Waals surface area contributed by atoms with E-state index in [9.17, 15) is 9.59 Å². The smallest absolute Gasteiger partial charge is 0.316 e. The molecule has 1 fully saturated rings. The number of ether oxygens (including phenoxy) is 1. The van der Waals surface area contributed by atoms with Gasteiger partial charge in [0.15, 0.2) is 0 Å². The lowest BCUT2D eigenvalue weighted by atomic mass is 10.1. The van der Waals surface area contributed by atoms with Gasteiger partial charge in [-0.05, 0) is 19.3 Å². The van der Waals surface area contributed by atoms with Crippen LogP contribution in [0.15, 0.2) is 0 Å². The topological polar surface area (TPSA) is 43.4 Å². The molecule has 0 aliphatic carbocycles. The Morgan fingerprint density at radius 2 is 2.30 bits per heavy atom. The summed E-state index contributed by atoms with van der Waals surface area (Å²) >= 11 is 0. The number of rotatable bonds is 1. The summed E-state index contributed by atoms with van der Waals surface area (Å²) in [5.74, 6) is -0.852. The van der Waals surface area contributed by atoms with Crippen molar-refractivity contribution in [2.45, 2.75) is 19.3 Å². The fraction of sp³-hybridized carbons (Fsp3) is 0.714. The Balaban J connectivity index is 2.51. The van der Waals surface area contributed by atoms with E-state index in [4.69, 9.17) is 4.74 Å². The predicted molar refractivity (Wildman–Crippen MR) is 34.4 cm³/mol. The van der Waals surface area contributed by atoms with Crippen LogP contribution >= 0.6 is 0 Å². The van der Waals surface area contributed by atoms with Crippen LogP contribution in [0.5, 0.6) is 0 Å². The fourth-order valence-corrected chi connectivity index (χ4v) is 0.988. The Labute approximate surface area is 59.4 Å². The second-order valence-electron chi connectivity index (χ2n) is 2.41. The molecule has 1 rings (SSSR count). The van der Waals surface area contributed by atoms with Gasteiger partial charge in [-0.15, -0.1) is 0 Å². The van der Waals surface area contributed by atoms with Crippen LogP contribution in [0.25, 0.3) is 0 Å². The van der Waals surface area contributed by atoms with Gasteiger partial charge in [0, 0.05) is 0 Å². The maximum absolute atomic E-state index is 10.8. The quantitative estimate of drug-likeness (QED) is 0.304. The summed E-state index contributed by atoms with van der Waals surface area (Å²) < 4.78 is 4.74. The van der Waals surface area contributed by atoms with Crippen molar-refractivity contribution in [3.63, 3.8) is 0 Å². The third kappa shape index (κ3) is 1.56. The van der Waals surface area contributed by atoms with E-state index in [-0.39, 0.29) is 5.97 Å². The summed E-state index contributed by atoms with van der Waals surface area (Å²) in [6, 6.07) is 0. The minimum Gasteiger partial charge on any atom is -0.465 e. The molecular weight excluding hydrogens is 132 g/mol. The van der Waals surface area contributed by atoms with Crippen LogP contribution in [0.1, 0.15) is 19.3 Å². The molecule has 1 unspecified atom stereocenters. The van der Waals surface area contributed by atoms with Crippen molar-refractivity contribution in [3.05, 3.63) is 0 Å². The summed E-state index contributed by atoms with van der Waals surface area (Å²) in [7, 11) is 0. The molecule has 56 valence electrons. The molecule has 0 spiro atoms. The molecule has 0 aromatic carbocycles. The molecule has 1 aliphatic heterocycles. The second kappa shape index (κ2) is 3.34. The molecule has 3 nitrogen and oxygen atoms in total. The van der Waals surface area contributed by atoms with Gasteiger partial charge in [0.2, 0.25) is 0 Å². The van der Waals surface area contributed by atoms with E-state index in [0.29, 0.717) is 19.3 Å². The van der Waals surface area contributed by atoms with Crippen molar-refractivity contribution < 1.29 is 14.3 Å². The van der Waals surface area contributed by atoms with Crippen LogP contribution in [0.3, 0.4) is 0 Å². The Bertz CT molecular complexity index is 142. The zero-order chi connectivity index (χ0) is 7.40. The van der Waals surface area contributed by atoms with Gasteiger partial charge in [-0.25, -0.2) is 0 Å². The number of carbonyl (C=O) groups is 2. The predicted octanol–water partition coefficient (Wildman–Crippen LogP) is 0.529. The largest absolute Gasteiger partial charge is 0.465 e. The summed E-state index contributed by atoms with van der Waals surface area (Å²) in [5, 5.41) is 0. The first-order valence-corrected chi connectivity index (χ1v) is 3.46. The molecule has 0 aromatic heterocycles. The summed E-state index contributed by atoms with van der Waals surface area (Å²) in [6.45, 7) is 0.475. The third-order valence-electron chi connectivity index (χ3n) is 1.62. The Hall–Kier alpha value is -0.860. The van der Waals surface area contributed by atoms with Crippen LogP contribution in [0.4, 0.5) is 0 Å². The maximum Gasteiger partial charge on any atom is 0.316 e. The van der Waals surface area contributed by atoms with Crippen LogP contribution in [-0.4, -0.2) is 18.9 Å². The van der Waals surface area contributed by atoms with Crippen molar-refractivity contribution in [3.8, 4) is 0 Å². The van der Waals surface area contributed by atoms with E-state index in [1.165, 1.54) is 0 Å². The lowest BCUT2D eigenvalue weighted by Gasteiger charge is -2.01. The van der Waals surface area contributed by atoms with E-state index in [0.717, 1.165) is 12.8 Å². The number of cyclic esters (lactones) is 1. The van der Waals surface area contributed by atoms with Gasteiger partial charge in [-0.3, -0.25) is 4.79 Å². The van der Waals surface area contributed by atoms with E-state index in [1.54, 1.807) is 0 Å². The van der Waals surface area contributed by atoms with E-state index >= 15 is 0 Å². The standard InChI is InChI=1S/C7H10O3/c8-5-6-3-1-2-4-10-7(6)9/h5-6H,1-4H2. The van der Waals surface area contributed by atoms with Crippen LogP contribution in [-0.2, 0) is 14.3 Å². The summed E-state index contributed by atoms with van der Waals surface area (Å²) in [5.41, 5.74) is 0. The number of aldehydes is 1. The summed E-state index contributed by atoms with van der Waals surface area (Å²) in [4.78, 5) is 21.0. The zero-order valence-corrected chi connectivity index (χ0v) is 5.71. The van der Waals surface area contributed by atoms with Crippen LogP contribution in [0, 0.1) is 5.92 Å². The fourth-order valence-electron chi connectivity index (χ4n) is 0.988.